The van der Waals surface area contributed by atoms with Gasteiger partial charge < -0.3 is 15.5 Å². The normalized spacial score (nSPS) is 12.9. The van der Waals surface area contributed by atoms with Gasteiger partial charge in [0.2, 0.25) is 0 Å². The van der Waals surface area contributed by atoms with Crippen LogP contribution in [0.2, 0.25) is 0 Å². The molecule has 0 aliphatic heterocycles. The Morgan fingerprint density at radius 2 is 1.55 bits per heavy atom. The highest BCUT2D eigenvalue weighted by atomic mass is 16.2. The third-order valence-corrected chi connectivity index (χ3v) is 5.29. The highest BCUT2D eigenvalue weighted by Gasteiger charge is 2.24. The lowest BCUT2D eigenvalue weighted by Gasteiger charge is -2.21. The number of quaternary nitrogens is 1. The summed E-state index contributed by atoms with van der Waals surface area (Å²) < 4.78 is 0. The maximum Gasteiger partial charge on any atom is 0.282 e. The standard InChI is InChI=1S/C24H27N3O2/c1-4-18-10-6-8-14-21(18)25-23(28)16-27(3)17(2)24(29)26-22-15-9-12-19-11-5-7-13-20(19)22/h5-15,17H,4,16H2,1-3H3,(H,25,28)(H,26,29)/p+1/t17-/m0/s1. The number of carbonyl (C=O) groups excluding carboxylic acids is 2. The van der Waals surface area contributed by atoms with Crippen LogP contribution in [0.3, 0.4) is 0 Å². The van der Waals surface area contributed by atoms with Crippen LogP contribution in [0.25, 0.3) is 10.8 Å². The number of nitrogens with one attached hydrogen (secondary N) is 3. The number of benzene rings is 3. The number of aryl methyl sites for hydroxylation is 1. The molecule has 0 aliphatic carbocycles. The zero-order valence-electron chi connectivity index (χ0n) is 17.2. The van der Waals surface area contributed by atoms with Crippen LogP contribution >= 0.6 is 0 Å². The second-order valence-corrected chi connectivity index (χ2v) is 7.32. The van der Waals surface area contributed by atoms with Gasteiger partial charge in [-0.1, -0.05) is 61.5 Å². The van der Waals surface area contributed by atoms with Gasteiger partial charge in [0.15, 0.2) is 12.6 Å². The molecular weight excluding hydrogens is 362 g/mol. The highest BCUT2D eigenvalue weighted by molar-refractivity contribution is 6.03. The lowest BCUT2D eigenvalue weighted by atomic mass is 10.1. The molecule has 0 fully saturated rings. The fraction of sp³-hybridized carbons (Fsp3) is 0.250. The van der Waals surface area contributed by atoms with E-state index >= 15 is 0 Å². The van der Waals surface area contributed by atoms with Gasteiger partial charge in [0.1, 0.15) is 0 Å². The Balaban J connectivity index is 1.62. The monoisotopic (exact) mass is 390 g/mol. The molecule has 0 heterocycles. The first-order chi connectivity index (χ1) is 14.0. The summed E-state index contributed by atoms with van der Waals surface area (Å²) in [5.41, 5.74) is 2.72. The second-order valence-electron chi connectivity index (χ2n) is 7.32. The van der Waals surface area contributed by atoms with Crippen LogP contribution in [0, 0.1) is 0 Å². The van der Waals surface area contributed by atoms with Crippen LogP contribution in [-0.4, -0.2) is 31.4 Å². The first-order valence-corrected chi connectivity index (χ1v) is 9.98. The van der Waals surface area contributed by atoms with Crippen molar-refractivity contribution in [2.45, 2.75) is 26.3 Å². The van der Waals surface area contributed by atoms with Crippen LogP contribution in [0.5, 0.6) is 0 Å². The lowest BCUT2D eigenvalue weighted by Crippen LogP contribution is -3.14. The molecular formula is C24H28N3O2+. The van der Waals surface area contributed by atoms with Crippen molar-refractivity contribution in [3.63, 3.8) is 0 Å². The molecule has 0 saturated carbocycles. The van der Waals surface area contributed by atoms with E-state index < -0.39 is 0 Å². The minimum Gasteiger partial charge on any atom is -0.321 e. The summed E-state index contributed by atoms with van der Waals surface area (Å²) in [5.74, 6) is -0.214. The van der Waals surface area contributed by atoms with Crippen molar-refractivity contribution in [3.05, 3.63) is 72.3 Å². The van der Waals surface area contributed by atoms with Crippen LogP contribution in [0.1, 0.15) is 19.4 Å². The number of rotatable bonds is 7. The van der Waals surface area contributed by atoms with E-state index in [0.717, 1.165) is 39.0 Å². The van der Waals surface area contributed by atoms with Crippen LogP contribution in [-0.2, 0) is 16.0 Å². The fourth-order valence-electron chi connectivity index (χ4n) is 3.35. The topological polar surface area (TPSA) is 62.6 Å². The van der Waals surface area contributed by atoms with Crippen molar-refractivity contribution in [3.8, 4) is 0 Å². The van der Waals surface area contributed by atoms with E-state index in [4.69, 9.17) is 0 Å². The Morgan fingerprint density at radius 3 is 2.34 bits per heavy atom. The molecule has 1 unspecified atom stereocenters. The zero-order chi connectivity index (χ0) is 20.8. The number of carbonyl (C=O) groups is 2. The molecule has 2 amide bonds. The third kappa shape index (κ3) is 5.00. The predicted octanol–water partition coefficient (Wildman–Crippen LogP) is 2.88. The first-order valence-electron chi connectivity index (χ1n) is 9.98. The molecule has 5 heteroatoms. The summed E-state index contributed by atoms with van der Waals surface area (Å²) in [7, 11) is 1.86. The average molecular weight is 391 g/mol. The Labute approximate surface area is 171 Å². The summed E-state index contributed by atoms with van der Waals surface area (Å²) >= 11 is 0. The van der Waals surface area contributed by atoms with Gasteiger partial charge in [-0.15, -0.1) is 0 Å². The van der Waals surface area contributed by atoms with Crippen molar-refractivity contribution < 1.29 is 14.5 Å². The molecule has 0 saturated heterocycles. The second kappa shape index (κ2) is 9.34. The van der Waals surface area contributed by atoms with Crippen molar-refractivity contribution in [1.82, 2.24) is 0 Å². The van der Waals surface area contributed by atoms with Crippen molar-refractivity contribution in [2.75, 3.05) is 24.2 Å². The van der Waals surface area contributed by atoms with Gasteiger partial charge in [0.05, 0.1) is 7.05 Å². The minimum atomic E-state index is -0.374. The summed E-state index contributed by atoms with van der Waals surface area (Å²) in [6.07, 6.45) is 0.850. The maximum atomic E-state index is 12.8. The Hall–Kier alpha value is -3.18. The minimum absolute atomic E-state index is 0.104. The molecule has 0 aromatic heterocycles. The fourth-order valence-corrected chi connectivity index (χ4v) is 3.35. The number of anilines is 2. The van der Waals surface area contributed by atoms with Gasteiger partial charge in [0.25, 0.3) is 11.8 Å². The summed E-state index contributed by atoms with van der Waals surface area (Å²) in [6, 6.07) is 21.2. The SMILES string of the molecule is CCc1ccccc1NC(=O)C[NH+](C)[C@@H](C)C(=O)Nc1cccc2ccccc12. The zero-order valence-corrected chi connectivity index (χ0v) is 17.2. The largest absolute Gasteiger partial charge is 0.321 e. The van der Waals surface area contributed by atoms with Crippen LogP contribution < -0.4 is 15.5 Å². The first kappa shape index (κ1) is 20.6. The molecule has 3 N–H and O–H groups in total. The summed E-state index contributed by atoms with van der Waals surface area (Å²) in [6.45, 7) is 4.10. The van der Waals surface area contributed by atoms with Gasteiger partial charge in [-0.25, -0.2) is 0 Å². The lowest BCUT2D eigenvalue weighted by molar-refractivity contribution is -0.885. The summed E-state index contributed by atoms with van der Waals surface area (Å²) in [4.78, 5) is 26.1. The molecule has 0 spiro atoms. The smallest absolute Gasteiger partial charge is 0.282 e. The van der Waals surface area contributed by atoms with Gasteiger partial charge in [-0.05, 0) is 36.4 Å². The van der Waals surface area contributed by atoms with Crippen molar-refractivity contribution in [1.29, 1.82) is 0 Å². The van der Waals surface area contributed by atoms with E-state index in [1.807, 2.05) is 80.7 Å². The van der Waals surface area contributed by atoms with E-state index in [9.17, 15) is 9.59 Å². The Kier molecular flexibility index (Phi) is 6.62. The highest BCUT2D eigenvalue weighted by Crippen LogP contribution is 2.22. The molecule has 3 aromatic rings. The van der Waals surface area contributed by atoms with E-state index in [1.54, 1.807) is 0 Å². The Morgan fingerprint density at radius 1 is 0.897 bits per heavy atom. The molecule has 150 valence electrons. The van der Waals surface area contributed by atoms with Gasteiger partial charge in [0, 0.05) is 16.8 Å². The average Bonchev–Trinajstić information content (AvgIpc) is 2.73. The predicted molar refractivity (Wildman–Crippen MR) is 118 cm³/mol. The number of amides is 2. The number of fused-ring (bicyclic) bond motifs is 1. The quantitative estimate of drug-likeness (QED) is 0.581. The summed E-state index contributed by atoms with van der Waals surface area (Å²) in [5, 5.41) is 8.06. The molecule has 0 bridgehead atoms. The van der Waals surface area contributed by atoms with E-state index in [1.165, 1.54) is 0 Å². The number of hydrogen-bond acceptors (Lipinski definition) is 2. The van der Waals surface area contributed by atoms with Crippen molar-refractivity contribution >= 4 is 34.0 Å². The molecule has 3 aromatic carbocycles. The molecule has 29 heavy (non-hydrogen) atoms. The number of hydrogen-bond donors (Lipinski definition) is 3. The molecule has 0 radical (unpaired) electrons. The third-order valence-electron chi connectivity index (χ3n) is 5.29. The molecule has 0 aliphatic rings. The van der Waals surface area contributed by atoms with Gasteiger partial charge in [-0.2, -0.15) is 0 Å². The van der Waals surface area contributed by atoms with Crippen LogP contribution in [0.4, 0.5) is 11.4 Å². The molecule has 3 rings (SSSR count). The maximum absolute atomic E-state index is 12.8. The molecule has 2 atom stereocenters. The van der Waals surface area contributed by atoms with E-state index in [-0.39, 0.29) is 24.4 Å². The van der Waals surface area contributed by atoms with Crippen LogP contribution in [0.15, 0.2) is 66.7 Å². The number of para-hydroxylation sites is 1. The number of likely N-dealkylation sites (N-methyl/N-ethyl adjacent to an activating group) is 1. The van der Waals surface area contributed by atoms with Crippen molar-refractivity contribution in [2.24, 2.45) is 0 Å². The molecule has 5 nitrogen and oxygen atoms in total. The van der Waals surface area contributed by atoms with E-state index in [0.29, 0.717) is 0 Å². The van der Waals surface area contributed by atoms with Gasteiger partial charge in [-0.3, -0.25) is 9.59 Å². The Bertz CT molecular complexity index is 1010. The van der Waals surface area contributed by atoms with E-state index in [2.05, 4.69) is 17.6 Å². The van der Waals surface area contributed by atoms with Gasteiger partial charge >= 0.3 is 0 Å².